The summed E-state index contributed by atoms with van der Waals surface area (Å²) in [4.78, 5) is 5.20. The van der Waals surface area contributed by atoms with Crippen LogP contribution >= 0.6 is 11.8 Å². The van der Waals surface area contributed by atoms with Crippen LogP contribution in [-0.2, 0) is 0 Å². The van der Waals surface area contributed by atoms with E-state index >= 15 is 0 Å². The molecular formula is C19H22F2N2OS. The lowest BCUT2D eigenvalue weighted by Gasteiger charge is -2.37. The Hall–Kier alpha value is -1.63. The normalized spacial score (nSPS) is 16.8. The Kier molecular flexibility index (Phi) is 6.29. The second kappa shape index (κ2) is 8.65. The molecule has 0 saturated carbocycles. The summed E-state index contributed by atoms with van der Waals surface area (Å²) >= 11 is 1.52. The molecule has 3 nitrogen and oxygen atoms in total. The lowest BCUT2D eigenvalue weighted by Crippen LogP contribution is -2.49. The van der Waals surface area contributed by atoms with Crippen LogP contribution in [0.25, 0.3) is 0 Å². The van der Waals surface area contributed by atoms with E-state index in [0.717, 1.165) is 31.1 Å². The van der Waals surface area contributed by atoms with Gasteiger partial charge in [0.2, 0.25) is 0 Å². The third kappa shape index (κ3) is 5.17. The van der Waals surface area contributed by atoms with Gasteiger partial charge >= 0.3 is 0 Å². The minimum Gasteiger partial charge on any atom is -0.391 e. The fourth-order valence-corrected chi connectivity index (χ4v) is 3.77. The standard InChI is InChI=1S/C19H22F2N2OS/c20-15-5-7-17(8-6-15)25-14-16(24)13-22-9-11-23(12-10-22)19-4-2-1-3-18(19)21/h1-8,16,24H,9-14H2/t16-/m0/s1. The van der Waals surface area contributed by atoms with Crippen LogP contribution in [0, 0.1) is 11.6 Å². The van der Waals surface area contributed by atoms with Crippen molar-refractivity contribution < 1.29 is 13.9 Å². The maximum Gasteiger partial charge on any atom is 0.146 e. The Bertz CT molecular complexity index is 675. The smallest absolute Gasteiger partial charge is 0.146 e. The van der Waals surface area contributed by atoms with Gasteiger partial charge in [-0.2, -0.15) is 0 Å². The van der Waals surface area contributed by atoms with Crippen molar-refractivity contribution in [3.05, 3.63) is 60.2 Å². The molecule has 134 valence electrons. The van der Waals surface area contributed by atoms with E-state index in [9.17, 15) is 13.9 Å². The van der Waals surface area contributed by atoms with Gasteiger partial charge in [-0.25, -0.2) is 8.78 Å². The van der Waals surface area contributed by atoms with Gasteiger partial charge in [-0.15, -0.1) is 11.8 Å². The number of thioether (sulfide) groups is 1. The summed E-state index contributed by atoms with van der Waals surface area (Å²) < 4.78 is 26.7. The topological polar surface area (TPSA) is 26.7 Å². The van der Waals surface area contributed by atoms with E-state index in [-0.39, 0.29) is 11.6 Å². The van der Waals surface area contributed by atoms with Crippen molar-refractivity contribution in [1.82, 2.24) is 4.90 Å². The Morgan fingerprint density at radius 3 is 2.32 bits per heavy atom. The minimum absolute atomic E-state index is 0.188. The molecule has 2 aromatic rings. The van der Waals surface area contributed by atoms with E-state index in [1.165, 1.54) is 30.0 Å². The fraction of sp³-hybridized carbons (Fsp3) is 0.368. The average Bonchev–Trinajstić information content (AvgIpc) is 2.62. The van der Waals surface area contributed by atoms with Crippen LogP contribution in [0.2, 0.25) is 0 Å². The summed E-state index contributed by atoms with van der Waals surface area (Å²) in [6.45, 7) is 3.69. The summed E-state index contributed by atoms with van der Waals surface area (Å²) in [6.07, 6.45) is -0.449. The van der Waals surface area contributed by atoms with Gasteiger partial charge in [-0.3, -0.25) is 4.90 Å². The Labute approximate surface area is 151 Å². The monoisotopic (exact) mass is 364 g/mol. The van der Waals surface area contributed by atoms with Crippen molar-refractivity contribution in [3.63, 3.8) is 0 Å². The van der Waals surface area contributed by atoms with Crippen LogP contribution in [0.4, 0.5) is 14.5 Å². The molecule has 2 aromatic carbocycles. The maximum atomic E-state index is 13.8. The number of anilines is 1. The number of β-amino-alcohol motifs (C(OH)–C–C–N with tert-alkyl or cyclic N) is 1. The fourth-order valence-electron chi connectivity index (χ4n) is 2.95. The van der Waals surface area contributed by atoms with Crippen molar-refractivity contribution in [2.24, 2.45) is 0 Å². The lowest BCUT2D eigenvalue weighted by molar-refractivity contribution is 0.126. The zero-order valence-corrected chi connectivity index (χ0v) is 14.8. The Morgan fingerprint density at radius 2 is 1.64 bits per heavy atom. The third-order valence-electron chi connectivity index (χ3n) is 4.29. The first-order valence-electron chi connectivity index (χ1n) is 8.40. The zero-order chi connectivity index (χ0) is 17.6. The molecule has 25 heavy (non-hydrogen) atoms. The van der Waals surface area contributed by atoms with E-state index in [0.29, 0.717) is 18.0 Å². The number of aliphatic hydroxyl groups is 1. The van der Waals surface area contributed by atoms with Gasteiger partial charge in [0, 0.05) is 43.4 Å². The van der Waals surface area contributed by atoms with E-state index in [1.807, 2.05) is 11.0 Å². The molecule has 0 spiro atoms. The van der Waals surface area contributed by atoms with Crippen molar-refractivity contribution in [1.29, 1.82) is 0 Å². The molecule has 0 aliphatic carbocycles. The molecule has 1 aliphatic heterocycles. The molecular weight excluding hydrogens is 342 g/mol. The number of benzene rings is 2. The van der Waals surface area contributed by atoms with Gasteiger partial charge in [-0.1, -0.05) is 12.1 Å². The van der Waals surface area contributed by atoms with Crippen LogP contribution in [0.1, 0.15) is 0 Å². The number of hydrogen-bond acceptors (Lipinski definition) is 4. The van der Waals surface area contributed by atoms with Crippen LogP contribution in [0.15, 0.2) is 53.4 Å². The molecule has 3 rings (SSSR count). The molecule has 1 N–H and O–H groups in total. The number of piperazine rings is 1. The molecule has 1 atom stereocenters. The first kappa shape index (κ1) is 18.2. The number of aliphatic hydroxyl groups excluding tert-OH is 1. The quantitative estimate of drug-likeness (QED) is 0.796. The van der Waals surface area contributed by atoms with Gasteiger partial charge in [0.25, 0.3) is 0 Å². The molecule has 1 aliphatic rings. The highest BCUT2D eigenvalue weighted by atomic mass is 32.2. The Balaban J connectivity index is 1.42. The largest absolute Gasteiger partial charge is 0.391 e. The summed E-state index contributed by atoms with van der Waals surface area (Å²) in [6, 6.07) is 13.1. The Morgan fingerprint density at radius 1 is 0.960 bits per heavy atom. The zero-order valence-electron chi connectivity index (χ0n) is 13.9. The van der Waals surface area contributed by atoms with Gasteiger partial charge in [0.1, 0.15) is 11.6 Å². The highest BCUT2D eigenvalue weighted by Crippen LogP contribution is 2.21. The second-order valence-electron chi connectivity index (χ2n) is 6.16. The summed E-state index contributed by atoms with van der Waals surface area (Å²) in [7, 11) is 0. The number of rotatable bonds is 6. The molecule has 1 saturated heterocycles. The number of nitrogens with zero attached hydrogens (tertiary/aromatic N) is 2. The molecule has 1 heterocycles. The SMILES string of the molecule is O[C@H](CSc1ccc(F)cc1)CN1CCN(c2ccccc2F)CC1. The molecule has 1 fully saturated rings. The second-order valence-corrected chi connectivity index (χ2v) is 7.25. The molecule has 6 heteroatoms. The average molecular weight is 364 g/mol. The van der Waals surface area contributed by atoms with Crippen LogP contribution in [0.3, 0.4) is 0 Å². The molecule has 0 amide bonds. The van der Waals surface area contributed by atoms with Crippen LogP contribution < -0.4 is 4.90 Å². The van der Waals surface area contributed by atoms with Crippen molar-refractivity contribution >= 4 is 17.4 Å². The lowest BCUT2D eigenvalue weighted by atomic mass is 10.2. The first-order chi connectivity index (χ1) is 12.1. The van der Waals surface area contributed by atoms with Gasteiger partial charge in [0.05, 0.1) is 11.8 Å². The maximum absolute atomic E-state index is 13.8. The van der Waals surface area contributed by atoms with Gasteiger partial charge in [-0.05, 0) is 36.4 Å². The number of para-hydroxylation sites is 1. The van der Waals surface area contributed by atoms with E-state index in [4.69, 9.17) is 0 Å². The number of halogens is 2. The molecule has 0 radical (unpaired) electrons. The summed E-state index contributed by atoms with van der Waals surface area (Å²) in [5.74, 6) is 0.128. The van der Waals surface area contributed by atoms with Crippen molar-refractivity contribution in [2.75, 3.05) is 43.4 Å². The third-order valence-corrected chi connectivity index (χ3v) is 5.45. The van der Waals surface area contributed by atoms with Gasteiger partial charge < -0.3 is 10.0 Å². The van der Waals surface area contributed by atoms with Gasteiger partial charge in [0.15, 0.2) is 0 Å². The molecule has 0 unspecified atom stereocenters. The molecule has 0 aromatic heterocycles. The minimum atomic E-state index is -0.449. The van der Waals surface area contributed by atoms with E-state index in [1.54, 1.807) is 24.3 Å². The summed E-state index contributed by atoms with van der Waals surface area (Å²) in [5, 5.41) is 10.2. The number of hydrogen-bond donors (Lipinski definition) is 1. The van der Waals surface area contributed by atoms with E-state index in [2.05, 4.69) is 4.90 Å². The van der Waals surface area contributed by atoms with Crippen LogP contribution in [0.5, 0.6) is 0 Å². The van der Waals surface area contributed by atoms with Crippen LogP contribution in [-0.4, -0.2) is 54.6 Å². The van der Waals surface area contributed by atoms with Crippen molar-refractivity contribution in [3.8, 4) is 0 Å². The highest BCUT2D eigenvalue weighted by Gasteiger charge is 2.21. The highest BCUT2D eigenvalue weighted by molar-refractivity contribution is 7.99. The predicted octanol–water partition coefficient (Wildman–Crippen LogP) is 3.24. The van der Waals surface area contributed by atoms with E-state index < -0.39 is 6.10 Å². The molecule has 0 bridgehead atoms. The first-order valence-corrected chi connectivity index (χ1v) is 9.38. The van der Waals surface area contributed by atoms with Crippen molar-refractivity contribution in [2.45, 2.75) is 11.0 Å². The predicted molar refractivity (Wildman–Crippen MR) is 98.2 cm³/mol. The summed E-state index contributed by atoms with van der Waals surface area (Å²) in [5.41, 5.74) is 0.648.